The first-order chi connectivity index (χ1) is 1.73. The molecule has 0 aliphatic carbocycles. The SMILES string of the molecule is [Ag].[F][Sb]([F])[F]. The zero-order chi connectivity index (χ0) is 3.58. The molecule has 0 aliphatic rings. The van der Waals surface area contributed by atoms with Gasteiger partial charge in [-0.15, -0.1) is 0 Å². The summed E-state index contributed by atoms with van der Waals surface area (Å²) in [6, 6.07) is 0. The van der Waals surface area contributed by atoms with E-state index < -0.39 is 22.0 Å². The van der Waals surface area contributed by atoms with Gasteiger partial charge in [0.2, 0.25) is 0 Å². The number of hydrogen-bond donors (Lipinski definition) is 0. The number of rotatable bonds is 0. The molecule has 0 bridgehead atoms. The van der Waals surface area contributed by atoms with Crippen molar-refractivity contribution in [3.63, 3.8) is 0 Å². The predicted molar refractivity (Wildman–Crippen MR) is 9.08 cm³/mol. The van der Waals surface area contributed by atoms with E-state index in [9.17, 15) is 8.44 Å². The van der Waals surface area contributed by atoms with Gasteiger partial charge in [0, 0.05) is 22.4 Å². The fraction of sp³-hybridized carbons (Fsp3) is 0. The maximum absolute atomic E-state index is 9.85. The van der Waals surface area contributed by atoms with Crippen LogP contribution in [0.2, 0.25) is 0 Å². The third-order valence-electron chi connectivity index (χ3n) is 0. The van der Waals surface area contributed by atoms with Crippen LogP contribution in [0.5, 0.6) is 0 Å². The van der Waals surface area contributed by atoms with Crippen molar-refractivity contribution in [3.8, 4) is 0 Å². The predicted octanol–water partition coefficient (Wildman–Crippen LogP) is 0.877. The molecule has 0 rings (SSSR count). The van der Waals surface area contributed by atoms with E-state index in [-0.39, 0.29) is 22.4 Å². The van der Waals surface area contributed by atoms with Crippen LogP contribution in [0.15, 0.2) is 0 Å². The summed E-state index contributed by atoms with van der Waals surface area (Å²) in [5.41, 5.74) is 0. The molecule has 0 aromatic carbocycles. The van der Waals surface area contributed by atoms with Gasteiger partial charge in [0.05, 0.1) is 0 Å². The molecule has 0 nitrogen and oxygen atoms in total. The monoisotopic (exact) mass is 285 g/mol. The second-order valence-electron chi connectivity index (χ2n) is 0.192. The molecule has 0 aromatic heterocycles. The Hall–Kier alpha value is 1.35. The first-order valence-corrected chi connectivity index (χ1v) is 3.40. The Morgan fingerprint density at radius 3 is 1.00 bits per heavy atom. The van der Waals surface area contributed by atoms with Gasteiger partial charge in [-0.1, -0.05) is 0 Å². The normalized spacial score (nSPS) is 7.20. The Balaban J connectivity index is 0. The van der Waals surface area contributed by atoms with Crippen molar-refractivity contribution in [2.75, 3.05) is 0 Å². The summed E-state index contributed by atoms with van der Waals surface area (Å²) in [5.74, 6) is 0. The third-order valence-corrected chi connectivity index (χ3v) is 0. The van der Waals surface area contributed by atoms with Crippen LogP contribution >= 0.6 is 0 Å². The number of hydrogen-bond acceptors (Lipinski definition) is 0. The van der Waals surface area contributed by atoms with Gasteiger partial charge in [0.15, 0.2) is 0 Å². The van der Waals surface area contributed by atoms with E-state index >= 15 is 0 Å². The zero-order valence-electron chi connectivity index (χ0n) is 1.88. The van der Waals surface area contributed by atoms with Crippen molar-refractivity contribution in [1.29, 1.82) is 0 Å². The van der Waals surface area contributed by atoms with E-state index in [0.29, 0.717) is 0 Å². The Morgan fingerprint density at radius 2 is 1.00 bits per heavy atom. The molecule has 0 spiro atoms. The summed E-state index contributed by atoms with van der Waals surface area (Å²) in [7, 11) is 0. The summed E-state index contributed by atoms with van der Waals surface area (Å²) in [6.07, 6.45) is 0. The average Bonchev–Trinajstić information content (AvgIpc) is 0.811. The minimum atomic E-state index is -4.95. The van der Waals surface area contributed by atoms with Crippen LogP contribution in [0.3, 0.4) is 0 Å². The Morgan fingerprint density at radius 1 is 1.00 bits per heavy atom. The Bertz CT molecular complexity index is 11.6. The molecule has 37 valence electrons. The topological polar surface area (TPSA) is 0 Å². The van der Waals surface area contributed by atoms with Gasteiger partial charge in [-0.2, -0.15) is 0 Å². The van der Waals surface area contributed by atoms with Gasteiger partial charge in [0.1, 0.15) is 0 Å². The molecule has 0 unspecified atom stereocenters. The summed E-state index contributed by atoms with van der Waals surface area (Å²) in [4.78, 5) is 0. The summed E-state index contributed by atoms with van der Waals surface area (Å²) < 4.78 is 29.6. The molecule has 0 amide bonds. The third kappa shape index (κ3) is 33.0. The van der Waals surface area contributed by atoms with Crippen LogP contribution in [0.1, 0.15) is 0 Å². The molecule has 0 fully saturated rings. The second-order valence-corrected chi connectivity index (χ2v) is 1.29. The summed E-state index contributed by atoms with van der Waals surface area (Å²) >= 11 is -4.95. The van der Waals surface area contributed by atoms with Crippen molar-refractivity contribution in [1.82, 2.24) is 0 Å². The van der Waals surface area contributed by atoms with Gasteiger partial charge in [-0.3, -0.25) is 0 Å². The van der Waals surface area contributed by atoms with Crippen LogP contribution < -0.4 is 0 Å². The van der Waals surface area contributed by atoms with E-state index in [2.05, 4.69) is 0 Å². The molecular formula is AgF3Sb. The molecule has 1 radical (unpaired) electrons. The van der Waals surface area contributed by atoms with Gasteiger partial charge in [-0.05, 0) is 0 Å². The average molecular weight is 287 g/mol. The molecule has 0 atom stereocenters. The summed E-state index contributed by atoms with van der Waals surface area (Å²) in [6.45, 7) is 0. The second kappa shape index (κ2) is 5.35. The van der Waals surface area contributed by atoms with Crippen LogP contribution in [0, 0.1) is 0 Å². The molecule has 0 saturated carbocycles. The molecule has 0 aliphatic heterocycles. The Labute approximate surface area is 52.6 Å². The van der Waals surface area contributed by atoms with Crippen molar-refractivity contribution in [2.45, 2.75) is 0 Å². The number of halogens is 3. The fourth-order valence-corrected chi connectivity index (χ4v) is 0. The fourth-order valence-electron chi connectivity index (χ4n) is 0. The molecule has 5 heteroatoms. The van der Waals surface area contributed by atoms with Gasteiger partial charge >= 0.3 is 30.4 Å². The van der Waals surface area contributed by atoms with Crippen molar-refractivity contribution in [3.05, 3.63) is 0 Å². The minimum absolute atomic E-state index is 0. The first-order valence-electron chi connectivity index (χ1n) is 0.507. The van der Waals surface area contributed by atoms with Gasteiger partial charge in [-0.25, -0.2) is 0 Å². The molecule has 0 aromatic rings. The zero-order valence-corrected chi connectivity index (χ0v) is 5.92. The molecular weight excluding hydrogens is 287 g/mol. The molecule has 0 saturated heterocycles. The van der Waals surface area contributed by atoms with Crippen LogP contribution in [-0.2, 0) is 22.4 Å². The van der Waals surface area contributed by atoms with Crippen molar-refractivity contribution >= 4 is 22.0 Å². The van der Waals surface area contributed by atoms with E-state index in [1.165, 1.54) is 0 Å². The van der Waals surface area contributed by atoms with Crippen LogP contribution in [-0.4, -0.2) is 22.0 Å². The van der Waals surface area contributed by atoms with E-state index in [4.69, 9.17) is 0 Å². The summed E-state index contributed by atoms with van der Waals surface area (Å²) in [5, 5.41) is 0. The first kappa shape index (κ1) is 9.60. The molecule has 0 N–H and O–H groups in total. The Kier molecular flexibility index (Phi) is 10.3. The van der Waals surface area contributed by atoms with Crippen molar-refractivity contribution < 1.29 is 30.8 Å². The van der Waals surface area contributed by atoms with E-state index in [0.717, 1.165) is 0 Å². The van der Waals surface area contributed by atoms with E-state index in [1.54, 1.807) is 0 Å². The van der Waals surface area contributed by atoms with Crippen LogP contribution in [0.4, 0.5) is 8.44 Å². The van der Waals surface area contributed by atoms with Gasteiger partial charge < -0.3 is 0 Å². The van der Waals surface area contributed by atoms with Crippen molar-refractivity contribution in [2.24, 2.45) is 0 Å². The molecule has 5 heavy (non-hydrogen) atoms. The quantitative estimate of drug-likeness (QED) is 0.580. The molecule has 0 heterocycles. The van der Waals surface area contributed by atoms with Gasteiger partial charge in [0.25, 0.3) is 0 Å². The van der Waals surface area contributed by atoms with Crippen LogP contribution in [0.25, 0.3) is 0 Å². The maximum atomic E-state index is 9.85. The van der Waals surface area contributed by atoms with E-state index in [1.807, 2.05) is 0 Å². The standard InChI is InChI=1S/Ag.3FH.Sb/h;3*1H;/q;;;;+3/p-3.